The van der Waals surface area contributed by atoms with Crippen molar-refractivity contribution >= 4 is 22.9 Å². The zero-order valence-corrected chi connectivity index (χ0v) is 16.7. The Morgan fingerprint density at radius 2 is 1.89 bits per heavy atom. The van der Waals surface area contributed by atoms with Crippen LogP contribution >= 0.6 is 11.3 Å². The lowest BCUT2D eigenvalue weighted by atomic mass is 10.00. The van der Waals surface area contributed by atoms with Gasteiger partial charge in [0, 0.05) is 17.1 Å². The van der Waals surface area contributed by atoms with Crippen molar-refractivity contribution in [2.75, 3.05) is 18.0 Å². The smallest absolute Gasteiger partial charge is 0.240 e. The van der Waals surface area contributed by atoms with Gasteiger partial charge in [-0.2, -0.15) is 0 Å². The van der Waals surface area contributed by atoms with E-state index in [1.54, 1.807) is 11.3 Å². The van der Waals surface area contributed by atoms with Gasteiger partial charge < -0.3 is 4.90 Å². The van der Waals surface area contributed by atoms with Gasteiger partial charge in [-0.05, 0) is 65.4 Å². The van der Waals surface area contributed by atoms with E-state index in [-0.39, 0.29) is 11.9 Å². The summed E-state index contributed by atoms with van der Waals surface area (Å²) in [6.45, 7) is 1.12. The topological polar surface area (TPSA) is 32.3 Å². The maximum Gasteiger partial charge on any atom is 0.240 e. The van der Waals surface area contributed by atoms with Crippen LogP contribution < -0.4 is 10.2 Å². The third-order valence-electron chi connectivity index (χ3n) is 5.93. The van der Waals surface area contributed by atoms with Crippen LogP contribution in [0.25, 0.3) is 0 Å². The number of carbonyl (C=O) groups is 1. The molecule has 3 nitrogen and oxygen atoms in total. The standard InChI is InChI=1S/C24H24N2OS/c27-23(26-13-12-18-5-1-2-8-21(18)26)16-25-24(22-9-4-14-28-22)20-11-10-17-6-3-7-19(17)15-20/h1-2,4-5,8-11,14-15,24-25H,3,6-7,12-13,16H2/t24-/m1/s1. The van der Waals surface area contributed by atoms with E-state index in [0.717, 1.165) is 18.7 Å². The summed E-state index contributed by atoms with van der Waals surface area (Å²) in [7, 11) is 0. The lowest BCUT2D eigenvalue weighted by Gasteiger charge is -2.22. The molecule has 0 bridgehead atoms. The van der Waals surface area contributed by atoms with Crippen molar-refractivity contribution < 1.29 is 4.79 Å². The number of nitrogens with one attached hydrogen (secondary N) is 1. The highest BCUT2D eigenvalue weighted by molar-refractivity contribution is 7.10. The number of hydrogen-bond acceptors (Lipinski definition) is 3. The molecule has 0 fully saturated rings. The molecule has 1 atom stereocenters. The van der Waals surface area contributed by atoms with Crippen molar-refractivity contribution in [3.05, 3.63) is 87.1 Å². The number of nitrogens with zero attached hydrogens (tertiary/aromatic N) is 1. The molecule has 1 amide bonds. The number of anilines is 1. The van der Waals surface area contributed by atoms with Crippen LogP contribution in [-0.4, -0.2) is 19.0 Å². The van der Waals surface area contributed by atoms with Gasteiger partial charge in [0.2, 0.25) is 5.91 Å². The van der Waals surface area contributed by atoms with Gasteiger partial charge in [-0.3, -0.25) is 10.1 Å². The van der Waals surface area contributed by atoms with Gasteiger partial charge in [0.25, 0.3) is 0 Å². The molecular weight excluding hydrogens is 364 g/mol. The Balaban J connectivity index is 1.36. The van der Waals surface area contributed by atoms with E-state index in [1.807, 2.05) is 17.0 Å². The van der Waals surface area contributed by atoms with Crippen LogP contribution in [0.5, 0.6) is 0 Å². The van der Waals surface area contributed by atoms with E-state index in [1.165, 1.54) is 46.4 Å². The quantitative estimate of drug-likeness (QED) is 0.698. The molecule has 1 N–H and O–H groups in total. The Morgan fingerprint density at radius 3 is 2.79 bits per heavy atom. The minimum absolute atomic E-state index is 0.0627. The Labute approximate surface area is 170 Å². The Bertz CT molecular complexity index is 996. The monoisotopic (exact) mass is 388 g/mol. The van der Waals surface area contributed by atoms with Gasteiger partial charge in [0.15, 0.2) is 0 Å². The molecule has 4 heteroatoms. The van der Waals surface area contributed by atoms with Crippen molar-refractivity contribution in [1.82, 2.24) is 5.32 Å². The third kappa shape index (κ3) is 3.27. The Kier molecular flexibility index (Phi) is 4.75. The molecule has 0 saturated heterocycles. The lowest BCUT2D eigenvalue weighted by molar-refractivity contribution is -0.117. The fraction of sp³-hybridized carbons (Fsp3) is 0.292. The molecule has 1 aliphatic carbocycles. The number of hydrogen-bond donors (Lipinski definition) is 1. The fourth-order valence-electron chi connectivity index (χ4n) is 4.49. The van der Waals surface area contributed by atoms with E-state index >= 15 is 0 Å². The van der Waals surface area contributed by atoms with E-state index in [9.17, 15) is 4.79 Å². The van der Waals surface area contributed by atoms with E-state index < -0.39 is 0 Å². The Hall–Kier alpha value is -2.43. The minimum atomic E-state index is 0.0627. The maximum absolute atomic E-state index is 13.0. The highest BCUT2D eigenvalue weighted by Crippen LogP contribution is 2.31. The van der Waals surface area contributed by atoms with Crippen molar-refractivity contribution in [3.8, 4) is 0 Å². The van der Waals surface area contributed by atoms with Crippen LogP contribution in [0.1, 0.15) is 39.6 Å². The normalized spacial score (nSPS) is 16.1. The second-order valence-electron chi connectivity index (χ2n) is 7.64. The van der Waals surface area contributed by atoms with E-state index in [2.05, 4.69) is 53.2 Å². The first-order valence-electron chi connectivity index (χ1n) is 10.1. The lowest BCUT2D eigenvalue weighted by Crippen LogP contribution is -2.38. The molecule has 3 aromatic rings. The summed E-state index contributed by atoms with van der Waals surface area (Å²) in [4.78, 5) is 16.2. The van der Waals surface area contributed by atoms with Crippen LogP contribution in [0, 0.1) is 0 Å². The van der Waals surface area contributed by atoms with Crippen molar-refractivity contribution in [2.24, 2.45) is 0 Å². The molecule has 0 unspecified atom stereocenters. The summed E-state index contributed by atoms with van der Waals surface area (Å²) < 4.78 is 0. The van der Waals surface area contributed by atoms with E-state index in [0.29, 0.717) is 6.54 Å². The van der Waals surface area contributed by atoms with Gasteiger partial charge in [-0.15, -0.1) is 11.3 Å². The SMILES string of the molecule is O=C(CN[C@H](c1ccc2c(c1)CCC2)c1cccs1)N1CCc2ccccc21. The van der Waals surface area contributed by atoms with Crippen LogP contribution in [-0.2, 0) is 24.1 Å². The summed E-state index contributed by atoms with van der Waals surface area (Å²) in [5, 5.41) is 5.66. The number of benzene rings is 2. The molecule has 0 spiro atoms. The average Bonchev–Trinajstić information content (AvgIpc) is 3.47. The van der Waals surface area contributed by atoms with Gasteiger partial charge in [-0.25, -0.2) is 0 Å². The molecule has 1 aromatic heterocycles. The fourth-order valence-corrected chi connectivity index (χ4v) is 5.32. The third-order valence-corrected chi connectivity index (χ3v) is 6.87. The number of fused-ring (bicyclic) bond motifs is 2. The van der Waals surface area contributed by atoms with Crippen LogP contribution in [0.4, 0.5) is 5.69 Å². The molecule has 2 aromatic carbocycles. The molecular formula is C24H24N2OS. The summed E-state index contributed by atoms with van der Waals surface area (Å²) in [6, 6.07) is 19.4. The molecule has 28 heavy (non-hydrogen) atoms. The van der Waals surface area contributed by atoms with Gasteiger partial charge in [0.1, 0.15) is 0 Å². The largest absolute Gasteiger partial charge is 0.311 e. The average molecular weight is 389 g/mol. The number of aryl methyl sites for hydroxylation is 2. The van der Waals surface area contributed by atoms with Crippen LogP contribution in [0.3, 0.4) is 0 Å². The predicted octanol–water partition coefficient (Wildman–Crippen LogP) is 4.51. The summed E-state index contributed by atoms with van der Waals surface area (Å²) in [5.41, 5.74) is 6.56. The van der Waals surface area contributed by atoms with Crippen molar-refractivity contribution in [1.29, 1.82) is 0 Å². The first-order chi connectivity index (χ1) is 13.8. The number of rotatable bonds is 5. The molecule has 0 radical (unpaired) electrons. The van der Waals surface area contributed by atoms with E-state index in [4.69, 9.17) is 0 Å². The summed E-state index contributed by atoms with van der Waals surface area (Å²) in [5.74, 6) is 0.146. The van der Waals surface area contributed by atoms with Gasteiger partial charge in [-0.1, -0.05) is 42.5 Å². The first-order valence-corrected chi connectivity index (χ1v) is 10.9. The molecule has 0 saturated carbocycles. The molecule has 2 heterocycles. The van der Waals surface area contributed by atoms with Crippen LogP contribution in [0.2, 0.25) is 0 Å². The highest BCUT2D eigenvalue weighted by Gasteiger charge is 2.25. The van der Waals surface area contributed by atoms with Crippen molar-refractivity contribution in [3.63, 3.8) is 0 Å². The maximum atomic E-state index is 13.0. The first kappa shape index (κ1) is 17.7. The van der Waals surface area contributed by atoms with Gasteiger partial charge in [0.05, 0.1) is 12.6 Å². The molecule has 1 aliphatic heterocycles. The Morgan fingerprint density at radius 1 is 1.00 bits per heavy atom. The number of para-hydroxylation sites is 1. The second kappa shape index (κ2) is 7.53. The summed E-state index contributed by atoms with van der Waals surface area (Å²) >= 11 is 1.74. The minimum Gasteiger partial charge on any atom is -0.311 e. The molecule has 142 valence electrons. The van der Waals surface area contributed by atoms with Gasteiger partial charge >= 0.3 is 0 Å². The summed E-state index contributed by atoms with van der Waals surface area (Å²) in [6.07, 6.45) is 4.56. The number of amides is 1. The zero-order valence-electron chi connectivity index (χ0n) is 15.9. The van der Waals surface area contributed by atoms with Crippen molar-refractivity contribution in [2.45, 2.75) is 31.7 Å². The highest BCUT2D eigenvalue weighted by atomic mass is 32.1. The number of carbonyl (C=O) groups excluding carboxylic acids is 1. The molecule has 5 rings (SSSR count). The zero-order chi connectivity index (χ0) is 18.9. The molecule has 2 aliphatic rings. The number of thiophene rings is 1. The second-order valence-corrected chi connectivity index (χ2v) is 8.61. The predicted molar refractivity (Wildman–Crippen MR) is 115 cm³/mol. The van der Waals surface area contributed by atoms with Crippen LogP contribution in [0.15, 0.2) is 60.0 Å².